The largest absolute Gasteiger partial charge is 0.381 e. The van der Waals surface area contributed by atoms with Crippen LogP contribution in [0, 0.1) is 11.8 Å². The monoisotopic (exact) mass is 225 g/mol. The van der Waals surface area contributed by atoms with Crippen molar-refractivity contribution in [1.82, 2.24) is 5.32 Å². The van der Waals surface area contributed by atoms with Gasteiger partial charge in [-0.1, -0.05) is 0 Å². The molecule has 1 aliphatic carbocycles. The summed E-state index contributed by atoms with van der Waals surface area (Å²) in [5, 5.41) is 3.57. The first-order chi connectivity index (χ1) is 7.84. The van der Waals surface area contributed by atoms with Gasteiger partial charge in [0.1, 0.15) is 5.78 Å². The van der Waals surface area contributed by atoms with Crippen molar-refractivity contribution < 1.29 is 9.53 Å². The van der Waals surface area contributed by atoms with Gasteiger partial charge in [0.15, 0.2) is 0 Å². The van der Waals surface area contributed by atoms with E-state index in [1.165, 1.54) is 12.8 Å². The van der Waals surface area contributed by atoms with Crippen LogP contribution in [-0.4, -0.2) is 32.1 Å². The summed E-state index contributed by atoms with van der Waals surface area (Å²) in [7, 11) is 0. The van der Waals surface area contributed by atoms with E-state index in [1.807, 2.05) is 0 Å². The second-order valence-electron chi connectivity index (χ2n) is 5.20. The Kier molecular flexibility index (Phi) is 4.79. The van der Waals surface area contributed by atoms with E-state index in [0.717, 1.165) is 63.8 Å². The summed E-state index contributed by atoms with van der Waals surface area (Å²) in [6.07, 6.45) is 6.22. The molecule has 0 unspecified atom stereocenters. The summed E-state index contributed by atoms with van der Waals surface area (Å²) < 4.78 is 5.34. The number of nitrogens with one attached hydrogen (secondary N) is 1. The fourth-order valence-electron chi connectivity index (χ4n) is 2.65. The van der Waals surface area contributed by atoms with E-state index in [4.69, 9.17) is 4.74 Å². The third kappa shape index (κ3) is 3.87. The van der Waals surface area contributed by atoms with Gasteiger partial charge in [0.25, 0.3) is 0 Å². The van der Waals surface area contributed by atoms with Gasteiger partial charge in [0, 0.05) is 26.1 Å². The number of carbonyl (C=O) groups is 1. The molecule has 0 aromatic heterocycles. The highest BCUT2D eigenvalue weighted by molar-refractivity contribution is 5.79. The summed E-state index contributed by atoms with van der Waals surface area (Å²) in [4.78, 5) is 11.1. The normalized spacial score (nSPS) is 24.9. The Labute approximate surface area is 97.9 Å². The maximum absolute atomic E-state index is 11.1. The highest BCUT2D eigenvalue weighted by atomic mass is 16.5. The number of Topliss-reactive ketones (excluding diaryl/α,β-unsaturated/α-hetero) is 1. The maximum atomic E-state index is 11.1. The standard InChI is InChI=1S/C13H23NO2/c15-13-3-1-11(2-4-13)9-14-10-12-5-7-16-8-6-12/h11-12,14H,1-10H2. The lowest BCUT2D eigenvalue weighted by Gasteiger charge is -2.25. The maximum Gasteiger partial charge on any atom is 0.132 e. The van der Waals surface area contributed by atoms with Crippen molar-refractivity contribution in [2.24, 2.45) is 11.8 Å². The third-order valence-electron chi connectivity index (χ3n) is 3.87. The van der Waals surface area contributed by atoms with E-state index in [-0.39, 0.29) is 0 Å². The Morgan fingerprint density at radius 1 is 1.00 bits per heavy atom. The lowest BCUT2D eigenvalue weighted by molar-refractivity contribution is -0.120. The highest BCUT2D eigenvalue weighted by Crippen LogP contribution is 2.21. The molecule has 2 aliphatic rings. The Hall–Kier alpha value is -0.410. The van der Waals surface area contributed by atoms with Crippen molar-refractivity contribution >= 4 is 5.78 Å². The minimum Gasteiger partial charge on any atom is -0.381 e. The molecule has 3 nitrogen and oxygen atoms in total. The summed E-state index contributed by atoms with van der Waals surface area (Å²) in [6.45, 7) is 4.10. The van der Waals surface area contributed by atoms with Crippen LogP contribution in [0.4, 0.5) is 0 Å². The van der Waals surface area contributed by atoms with Crippen LogP contribution in [0.5, 0.6) is 0 Å². The molecular weight excluding hydrogens is 202 g/mol. The Morgan fingerprint density at radius 2 is 1.56 bits per heavy atom. The van der Waals surface area contributed by atoms with Crippen LogP contribution in [-0.2, 0) is 9.53 Å². The molecule has 1 saturated carbocycles. The Balaban J connectivity index is 1.55. The Morgan fingerprint density at radius 3 is 2.19 bits per heavy atom. The zero-order valence-corrected chi connectivity index (χ0v) is 10.0. The predicted octanol–water partition coefficient (Wildman–Crippen LogP) is 1.76. The molecule has 2 fully saturated rings. The van der Waals surface area contributed by atoms with E-state index < -0.39 is 0 Å². The average Bonchev–Trinajstić information content (AvgIpc) is 2.33. The van der Waals surface area contributed by atoms with Crippen LogP contribution >= 0.6 is 0 Å². The Bertz CT molecular complexity index is 214. The van der Waals surface area contributed by atoms with Gasteiger partial charge in [-0.3, -0.25) is 4.79 Å². The second kappa shape index (κ2) is 6.36. The lowest BCUT2D eigenvalue weighted by atomic mass is 9.88. The smallest absolute Gasteiger partial charge is 0.132 e. The molecule has 16 heavy (non-hydrogen) atoms. The predicted molar refractivity (Wildman–Crippen MR) is 63.4 cm³/mol. The fraction of sp³-hybridized carbons (Fsp3) is 0.923. The molecule has 3 heteroatoms. The van der Waals surface area contributed by atoms with Gasteiger partial charge in [-0.2, -0.15) is 0 Å². The summed E-state index contributed by atoms with van der Waals surface area (Å²) in [5.74, 6) is 2.00. The molecule has 1 aliphatic heterocycles. The summed E-state index contributed by atoms with van der Waals surface area (Å²) >= 11 is 0. The molecule has 0 aromatic rings. The van der Waals surface area contributed by atoms with Crippen LogP contribution in [0.15, 0.2) is 0 Å². The third-order valence-corrected chi connectivity index (χ3v) is 3.87. The van der Waals surface area contributed by atoms with Gasteiger partial charge in [0.2, 0.25) is 0 Å². The van der Waals surface area contributed by atoms with E-state index in [1.54, 1.807) is 0 Å². The highest BCUT2D eigenvalue weighted by Gasteiger charge is 2.19. The van der Waals surface area contributed by atoms with Gasteiger partial charge in [-0.25, -0.2) is 0 Å². The van der Waals surface area contributed by atoms with Gasteiger partial charge in [-0.15, -0.1) is 0 Å². The van der Waals surface area contributed by atoms with E-state index in [0.29, 0.717) is 5.78 Å². The number of hydrogen-bond donors (Lipinski definition) is 1. The molecular formula is C13H23NO2. The molecule has 2 rings (SSSR count). The topological polar surface area (TPSA) is 38.3 Å². The van der Waals surface area contributed by atoms with E-state index in [9.17, 15) is 4.79 Å². The zero-order valence-electron chi connectivity index (χ0n) is 10.0. The van der Waals surface area contributed by atoms with Crippen LogP contribution in [0.3, 0.4) is 0 Å². The van der Waals surface area contributed by atoms with E-state index in [2.05, 4.69) is 5.32 Å². The summed E-state index contributed by atoms with van der Waals surface area (Å²) in [6, 6.07) is 0. The fourth-order valence-corrected chi connectivity index (χ4v) is 2.65. The second-order valence-corrected chi connectivity index (χ2v) is 5.20. The minimum atomic E-state index is 0.459. The molecule has 0 atom stereocenters. The van der Waals surface area contributed by atoms with Crippen molar-refractivity contribution in [3.63, 3.8) is 0 Å². The van der Waals surface area contributed by atoms with Crippen molar-refractivity contribution in [2.75, 3.05) is 26.3 Å². The van der Waals surface area contributed by atoms with Crippen molar-refractivity contribution in [3.8, 4) is 0 Å². The van der Waals surface area contributed by atoms with Gasteiger partial charge >= 0.3 is 0 Å². The number of rotatable bonds is 4. The summed E-state index contributed by atoms with van der Waals surface area (Å²) in [5.41, 5.74) is 0. The van der Waals surface area contributed by atoms with Gasteiger partial charge < -0.3 is 10.1 Å². The van der Waals surface area contributed by atoms with Crippen LogP contribution in [0.25, 0.3) is 0 Å². The lowest BCUT2D eigenvalue weighted by Crippen LogP contribution is -2.32. The molecule has 92 valence electrons. The van der Waals surface area contributed by atoms with Gasteiger partial charge in [-0.05, 0) is 50.6 Å². The molecule has 1 saturated heterocycles. The van der Waals surface area contributed by atoms with Crippen molar-refractivity contribution in [3.05, 3.63) is 0 Å². The zero-order chi connectivity index (χ0) is 11.2. The molecule has 1 N–H and O–H groups in total. The van der Waals surface area contributed by atoms with E-state index >= 15 is 0 Å². The van der Waals surface area contributed by atoms with Crippen molar-refractivity contribution in [2.45, 2.75) is 38.5 Å². The molecule has 0 bridgehead atoms. The van der Waals surface area contributed by atoms with Crippen LogP contribution in [0.1, 0.15) is 38.5 Å². The first-order valence-corrected chi connectivity index (χ1v) is 6.65. The molecule has 0 aromatic carbocycles. The number of ketones is 1. The SMILES string of the molecule is O=C1CCC(CNCC2CCOCC2)CC1. The molecule has 1 heterocycles. The first-order valence-electron chi connectivity index (χ1n) is 6.65. The molecule has 0 spiro atoms. The number of hydrogen-bond acceptors (Lipinski definition) is 3. The van der Waals surface area contributed by atoms with Gasteiger partial charge in [0.05, 0.1) is 0 Å². The van der Waals surface area contributed by atoms with Crippen molar-refractivity contribution in [1.29, 1.82) is 0 Å². The minimum absolute atomic E-state index is 0.459. The number of ether oxygens (including phenoxy) is 1. The van der Waals surface area contributed by atoms with Crippen LogP contribution < -0.4 is 5.32 Å². The molecule has 0 amide bonds. The van der Waals surface area contributed by atoms with Crippen LogP contribution in [0.2, 0.25) is 0 Å². The quantitative estimate of drug-likeness (QED) is 0.792. The average molecular weight is 225 g/mol. The molecule has 0 radical (unpaired) electrons. The first kappa shape index (κ1) is 12.1. The number of carbonyl (C=O) groups excluding carboxylic acids is 1.